The predicted molar refractivity (Wildman–Crippen MR) is 68.2 cm³/mol. The summed E-state index contributed by atoms with van der Waals surface area (Å²) in [5, 5.41) is 0. The highest BCUT2D eigenvalue weighted by atomic mass is 14.6. The summed E-state index contributed by atoms with van der Waals surface area (Å²) in [6, 6.07) is 8.27. The van der Waals surface area contributed by atoms with Crippen LogP contribution in [0.3, 0.4) is 0 Å². The van der Waals surface area contributed by atoms with E-state index in [-0.39, 0.29) is 5.41 Å². The highest BCUT2D eigenvalue weighted by Crippen LogP contribution is 2.39. The first-order chi connectivity index (χ1) is 7.82. The van der Waals surface area contributed by atoms with E-state index in [1.165, 1.54) is 37.7 Å². The van der Waals surface area contributed by atoms with E-state index >= 15 is 0 Å². The molecular weight excluding hydrogens is 194 g/mol. The molecule has 0 unspecified atom stereocenters. The van der Waals surface area contributed by atoms with Gasteiger partial charge in [0.2, 0.25) is 0 Å². The van der Waals surface area contributed by atoms with Gasteiger partial charge in [0.1, 0.15) is 0 Å². The van der Waals surface area contributed by atoms with Gasteiger partial charge >= 0.3 is 0 Å². The second-order valence-electron chi connectivity index (χ2n) is 4.74. The number of terminal acetylenes is 1. The molecule has 16 heavy (non-hydrogen) atoms. The standard InChI is InChI=1S/C15H19N/c1-2-13-8-4-5-9-14(13)15(12-16)10-6-3-7-11-15/h1,4-5,8-9H,3,6-7,10-12,16H2. The SMILES string of the molecule is C#Cc1ccccc1C1(CN)CCCCC1. The molecule has 0 spiro atoms. The molecule has 1 aromatic carbocycles. The van der Waals surface area contributed by atoms with Crippen LogP contribution in [0.25, 0.3) is 0 Å². The summed E-state index contributed by atoms with van der Waals surface area (Å²) >= 11 is 0. The van der Waals surface area contributed by atoms with Gasteiger partial charge < -0.3 is 5.73 Å². The molecule has 2 rings (SSSR count). The van der Waals surface area contributed by atoms with Gasteiger partial charge in [0.15, 0.2) is 0 Å². The first-order valence-corrected chi connectivity index (χ1v) is 6.08. The molecule has 2 N–H and O–H groups in total. The van der Waals surface area contributed by atoms with E-state index in [2.05, 4.69) is 18.1 Å². The average Bonchev–Trinajstić information content (AvgIpc) is 2.39. The number of nitrogens with two attached hydrogens (primary N) is 1. The number of hydrogen-bond donors (Lipinski definition) is 1. The molecule has 0 atom stereocenters. The minimum atomic E-state index is 0.140. The van der Waals surface area contributed by atoms with E-state index in [9.17, 15) is 0 Å². The van der Waals surface area contributed by atoms with Gasteiger partial charge in [-0.2, -0.15) is 0 Å². The second-order valence-corrected chi connectivity index (χ2v) is 4.74. The lowest BCUT2D eigenvalue weighted by molar-refractivity contribution is 0.300. The summed E-state index contributed by atoms with van der Waals surface area (Å²) in [5.74, 6) is 2.80. The Morgan fingerprint density at radius 3 is 2.50 bits per heavy atom. The fourth-order valence-electron chi connectivity index (χ4n) is 2.88. The molecule has 0 amide bonds. The van der Waals surface area contributed by atoms with E-state index in [0.717, 1.165) is 5.56 Å². The molecule has 1 fully saturated rings. The Morgan fingerprint density at radius 1 is 1.19 bits per heavy atom. The van der Waals surface area contributed by atoms with Gasteiger partial charge in [-0.3, -0.25) is 0 Å². The van der Waals surface area contributed by atoms with E-state index in [0.29, 0.717) is 6.54 Å². The zero-order valence-electron chi connectivity index (χ0n) is 9.71. The molecule has 0 heterocycles. The molecule has 1 aliphatic rings. The topological polar surface area (TPSA) is 26.0 Å². The van der Waals surface area contributed by atoms with Crippen molar-refractivity contribution >= 4 is 0 Å². The zero-order valence-corrected chi connectivity index (χ0v) is 9.71. The Hall–Kier alpha value is -1.26. The van der Waals surface area contributed by atoms with Gasteiger partial charge in [0.25, 0.3) is 0 Å². The maximum absolute atomic E-state index is 6.03. The van der Waals surface area contributed by atoms with Crippen LogP contribution in [0.4, 0.5) is 0 Å². The second kappa shape index (κ2) is 4.72. The Morgan fingerprint density at radius 2 is 1.88 bits per heavy atom. The van der Waals surface area contributed by atoms with Crippen LogP contribution >= 0.6 is 0 Å². The van der Waals surface area contributed by atoms with Gasteiger partial charge in [-0.1, -0.05) is 43.4 Å². The van der Waals surface area contributed by atoms with Crippen molar-refractivity contribution in [3.05, 3.63) is 35.4 Å². The summed E-state index contributed by atoms with van der Waals surface area (Å²) in [6.45, 7) is 0.714. The Bertz CT molecular complexity index is 394. The molecule has 1 saturated carbocycles. The summed E-state index contributed by atoms with van der Waals surface area (Å²) in [5.41, 5.74) is 8.48. The van der Waals surface area contributed by atoms with Crippen molar-refractivity contribution in [2.45, 2.75) is 37.5 Å². The molecule has 1 nitrogen and oxygen atoms in total. The van der Waals surface area contributed by atoms with Crippen LogP contribution < -0.4 is 5.73 Å². The van der Waals surface area contributed by atoms with Crippen LogP contribution in [0.2, 0.25) is 0 Å². The largest absolute Gasteiger partial charge is 0.330 e. The van der Waals surface area contributed by atoms with E-state index in [1.54, 1.807) is 0 Å². The van der Waals surface area contributed by atoms with Gasteiger partial charge in [-0.05, 0) is 24.5 Å². The van der Waals surface area contributed by atoms with Crippen molar-refractivity contribution in [1.29, 1.82) is 0 Å². The molecule has 1 heteroatoms. The first-order valence-electron chi connectivity index (χ1n) is 6.08. The maximum Gasteiger partial charge on any atom is 0.0280 e. The predicted octanol–water partition coefficient (Wildman–Crippen LogP) is 2.83. The summed E-state index contributed by atoms with van der Waals surface area (Å²) in [7, 11) is 0. The van der Waals surface area contributed by atoms with Crippen molar-refractivity contribution in [1.82, 2.24) is 0 Å². The number of hydrogen-bond acceptors (Lipinski definition) is 1. The monoisotopic (exact) mass is 213 g/mol. The Kier molecular flexibility index (Phi) is 3.31. The fourth-order valence-corrected chi connectivity index (χ4v) is 2.88. The third kappa shape index (κ3) is 1.86. The van der Waals surface area contributed by atoms with E-state index in [4.69, 9.17) is 12.2 Å². The molecule has 84 valence electrons. The molecule has 0 aliphatic heterocycles. The zero-order chi connectivity index (χ0) is 11.4. The lowest BCUT2D eigenvalue weighted by Gasteiger charge is -2.37. The number of rotatable bonds is 2. The van der Waals surface area contributed by atoms with Crippen molar-refractivity contribution < 1.29 is 0 Å². The van der Waals surface area contributed by atoms with Crippen LogP contribution in [-0.4, -0.2) is 6.54 Å². The molecule has 1 aromatic rings. The van der Waals surface area contributed by atoms with Gasteiger partial charge in [0, 0.05) is 17.5 Å². The summed E-state index contributed by atoms with van der Waals surface area (Å²) < 4.78 is 0. The quantitative estimate of drug-likeness (QED) is 0.751. The molecular formula is C15H19N. The maximum atomic E-state index is 6.03. The van der Waals surface area contributed by atoms with Crippen LogP contribution in [0.5, 0.6) is 0 Å². The normalized spacial score (nSPS) is 19.0. The van der Waals surface area contributed by atoms with Crippen LogP contribution in [-0.2, 0) is 5.41 Å². The lowest BCUT2D eigenvalue weighted by atomic mass is 9.68. The van der Waals surface area contributed by atoms with E-state index in [1.807, 2.05) is 12.1 Å². The van der Waals surface area contributed by atoms with E-state index < -0.39 is 0 Å². The number of benzene rings is 1. The molecule has 1 aliphatic carbocycles. The van der Waals surface area contributed by atoms with Crippen molar-refractivity contribution in [2.24, 2.45) is 5.73 Å². The minimum absolute atomic E-state index is 0.140. The summed E-state index contributed by atoms with van der Waals surface area (Å²) in [6.07, 6.45) is 11.8. The Labute approximate surface area is 98.0 Å². The van der Waals surface area contributed by atoms with Crippen molar-refractivity contribution in [2.75, 3.05) is 6.54 Å². The first kappa shape index (κ1) is 11.2. The van der Waals surface area contributed by atoms with Crippen LogP contribution in [0.1, 0.15) is 43.2 Å². The summed E-state index contributed by atoms with van der Waals surface area (Å²) in [4.78, 5) is 0. The van der Waals surface area contributed by atoms with Crippen molar-refractivity contribution in [3.8, 4) is 12.3 Å². The highest BCUT2D eigenvalue weighted by molar-refractivity contribution is 5.44. The fraction of sp³-hybridized carbons (Fsp3) is 0.467. The van der Waals surface area contributed by atoms with Gasteiger partial charge in [-0.25, -0.2) is 0 Å². The smallest absolute Gasteiger partial charge is 0.0280 e. The molecule has 0 radical (unpaired) electrons. The molecule has 0 saturated heterocycles. The van der Waals surface area contributed by atoms with Gasteiger partial charge in [0.05, 0.1) is 0 Å². The van der Waals surface area contributed by atoms with Gasteiger partial charge in [-0.15, -0.1) is 6.42 Å². The molecule has 0 aromatic heterocycles. The minimum Gasteiger partial charge on any atom is -0.330 e. The van der Waals surface area contributed by atoms with Crippen molar-refractivity contribution in [3.63, 3.8) is 0 Å². The average molecular weight is 213 g/mol. The highest BCUT2D eigenvalue weighted by Gasteiger charge is 2.33. The third-order valence-electron chi connectivity index (χ3n) is 3.86. The third-order valence-corrected chi connectivity index (χ3v) is 3.86. The van der Waals surface area contributed by atoms with Crippen LogP contribution in [0, 0.1) is 12.3 Å². The lowest BCUT2D eigenvalue weighted by Crippen LogP contribution is -2.37. The molecule has 0 bridgehead atoms. The Balaban J connectivity index is 2.43. The van der Waals surface area contributed by atoms with Crippen LogP contribution in [0.15, 0.2) is 24.3 Å².